The standard InChI is InChI=1S/C20H18ClFN4O/c21-15-2-1-3-17(12-15)25-8-10-26(11-9-25)20(27)19-13-18(23-24-19)14-4-6-16(22)7-5-14/h1-7,12-13H,8-11H2,(H,23,24). The lowest BCUT2D eigenvalue weighted by Crippen LogP contribution is -2.48. The number of amides is 1. The SMILES string of the molecule is O=C(c1cc(-c2ccc(F)cc2)n[nH]1)N1CCN(c2cccc(Cl)c2)CC1. The number of carbonyl (C=O) groups excluding carboxylic acids is 1. The van der Waals surface area contributed by atoms with Gasteiger partial charge >= 0.3 is 0 Å². The zero-order valence-corrected chi connectivity index (χ0v) is 15.3. The third-order valence-electron chi connectivity index (χ3n) is 4.69. The van der Waals surface area contributed by atoms with Gasteiger partial charge in [0.05, 0.1) is 5.69 Å². The fraction of sp³-hybridized carbons (Fsp3) is 0.200. The molecule has 1 aromatic heterocycles. The van der Waals surface area contributed by atoms with Crippen molar-refractivity contribution in [2.24, 2.45) is 0 Å². The molecule has 2 heterocycles. The number of anilines is 1. The summed E-state index contributed by atoms with van der Waals surface area (Å²) in [6.45, 7) is 2.72. The van der Waals surface area contributed by atoms with Crippen molar-refractivity contribution in [1.29, 1.82) is 0 Å². The fourth-order valence-electron chi connectivity index (χ4n) is 3.21. The second-order valence-corrected chi connectivity index (χ2v) is 6.87. The summed E-state index contributed by atoms with van der Waals surface area (Å²) in [4.78, 5) is 16.8. The molecule has 27 heavy (non-hydrogen) atoms. The predicted octanol–water partition coefficient (Wildman–Crippen LogP) is 3.83. The van der Waals surface area contributed by atoms with E-state index in [4.69, 9.17) is 11.6 Å². The summed E-state index contributed by atoms with van der Waals surface area (Å²) in [5, 5.41) is 7.69. The number of aromatic nitrogens is 2. The Balaban J connectivity index is 1.42. The van der Waals surface area contributed by atoms with E-state index in [-0.39, 0.29) is 11.7 Å². The number of hydrogen-bond acceptors (Lipinski definition) is 3. The Morgan fingerprint density at radius 3 is 2.48 bits per heavy atom. The number of piperazine rings is 1. The van der Waals surface area contributed by atoms with E-state index in [9.17, 15) is 9.18 Å². The van der Waals surface area contributed by atoms with E-state index in [0.717, 1.165) is 24.3 Å². The predicted molar refractivity (Wildman–Crippen MR) is 104 cm³/mol. The monoisotopic (exact) mass is 384 g/mol. The van der Waals surface area contributed by atoms with Crippen molar-refractivity contribution in [3.63, 3.8) is 0 Å². The summed E-state index contributed by atoms with van der Waals surface area (Å²) in [5.41, 5.74) is 2.88. The number of H-pyrrole nitrogens is 1. The van der Waals surface area contributed by atoms with Crippen LogP contribution >= 0.6 is 11.6 Å². The number of aromatic amines is 1. The Morgan fingerprint density at radius 2 is 1.78 bits per heavy atom. The average molecular weight is 385 g/mol. The van der Waals surface area contributed by atoms with Crippen LogP contribution < -0.4 is 4.90 Å². The van der Waals surface area contributed by atoms with Crippen molar-refractivity contribution in [2.45, 2.75) is 0 Å². The van der Waals surface area contributed by atoms with Crippen molar-refractivity contribution in [1.82, 2.24) is 15.1 Å². The molecule has 0 spiro atoms. The Morgan fingerprint density at radius 1 is 1.04 bits per heavy atom. The van der Waals surface area contributed by atoms with Crippen molar-refractivity contribution in [3.8, 4) is 11.3 Å². The summed E-state index contributed by atoms with van der Waals surface area (Å²) in [6, 6.07) is 15.5. The smallest absolute Gasteiger partial charge is 0.272 e. The number of hydrogen-bond donors (Lipinski definition) is 1. The normalized spacial score (nSPS) is 14.4. The van der Waals surface area contributed by atoms with Crippen LogP contribution in [0.15, 0.2) is 54.6 Å². The number of nitrogens with one attached hydrogen (secondary N) is 1. The van der Waals surface area contributed by atoms with Crippen LogP contribution in [0.25, 0.3) is 11.3 Å². The first-order valence-corrected chi connectivity index (χ1v) is 9.09. The zero-order chi connectivity index (χ0) is 18.8. The van der Waals surface area contributed by atoms with Crippen molar-refractivity contribution < 1.29 is 9.18 Å². The molecule has 0 atom stereocenters. The van der Waals surface area contributed by atoms with Crippen LogP contribution in [0.5, 0.6) is 0 Å². The molecule has 0 radical (unpaired) electrons. The molecule has 138 valence electrons. The van der Waals surface area contributed by atoms with Gasteiger partial charge in [0.1, 0.15) is 11.5 Å². The fourth-order valence-corrected chi connectivity index (χ4v) is 3.40. The molecule has 0 bridgehead atoms. The van der Waals surface area contributed by atoms with Gasteiger partial charge in [0.2, 0.25) is 0 Å². The molecule has 1 aliphatic heterocycles. The van der Waals surface area contributed by atoms with E-state index in [1.807, 2.05) is 29.2 Å². The van der Waals surface area contributed by atoms with Crippen LogP contribution in [-0.2, 0) is 0 Å². The highest BCUT2D eigenvalue weighted by Gasteiger charge is 2.24. The summed E-state index contributed by atoms with van der Waals surface area (Å²) >= 11 is 6.06. The van der Waals surface area contributed by atoms with Crippen LogP contribution in [0, 0.1) is 5.82 Å². The quantitative estimate of drug-likeness (QED) is 0.746. The topological polar surface area (TPSA) is 52.2 Å². The number of nitrogens with zero attached hydrogens (tertiary/aromatic N) is 3. The lowest BCUT2D eigenvalue weighted by molar-refractivity contribution is 0.0741. The highest BCUT2D eigenvalue weighted by molar-refractivity contribution is 6.30. The molecule has 5 nitrogen and oxygen atoms in total. The zero-order valence-electron chi connectivity index (χ0n) is 14.5. The van der Waals surface area contributed by atoms with Crippen molar-refractivity contribution in [3.05, 3.63) is 71.1 Å². The first-order chi connectivity index (χ1) is 13.1. The van der Waals surface area contributed by atoms with E-state index in [1.165, 1.54) is 12.1 Å². The molecule has 1 fully saturated rings. The molecular weight excluding hydrogens is 367 g/mol. The molecule has 3 aromatic rings. The minimum atomic E-state index is -0.303. The molecule has 1 saturated heterocycles. The highest BCUT2D eigenvalue weighted by atomic mass is 35.5. The highest BCUT2D eigenvalue weighted by Crippen LogP contribution is 2.22. The number of carbonyl (C=O) groups is 1. The van der Waals surface area contributed by atoms with E-state index in [0.29, 0.717) is 29.5 Å². The second-order valence-electron chi connectivity index (χ2n) is 6.43. The molecule has 1 amide bonds. The molecule has 1 aliphatic rings. The molecular formula is C20H18ClFN4O. The number of halogens is 2. The van der Waals surface area contributed by atoms with Gasteiger partial charge in [0, 0.05) is 42.5 Å². The van der Waals surface area contributed by atoms with Crippen LogP contribution in [0.1, 0.15) is 10.5 Å². The van der Waals surface area contributed by atoms with Gasteiger partial charge < -0.3 is 9.80 Å². The second kappa shape index (κ2) is 7.40. The molecule has 0 aliphatic carbocycles. The van der Waals surface area contributed by atoms with Crippen molar-refractivity contribution in [2.75, 3.05) is 31.1 Å². The Hall–Kier alpha value is -2.86. The lowest BCUT2D eigenvalue weighted by Gasteiger charge is -2.36. The Labute approximate surface area is 161 Å². The largest absolute Gasteiger partial charge is 0.368 e. The molecule has 0 unspecified atom stereocenters. The minimum Gasteiger partial charge on any atom is -0.368 e. The summed E-state index contributed by atoms with van der Waals surface area (Å²) in [7, 11) is 0. The van der Waals surface area contributed by atoms with Gasteiger partial charge in [-0.15, -0.1) is 0 Å². The van der Waals surface area contributed by atoms with E-state index in [2.05, 4.69) is 15.1 Å². The Kier molecular flexibility index (Phi) is 4.81. The van der Waals surface area contributed by atoms with Gasteiger partial charge in [0.15, 0.2) is 0 Å². The van der Waals surface area contributed by atoms with E-state index >= 15 is 0 Å². The minimum absolute atomic E-state index is 0.0818. The maximum Gasteiger partial charge on any atom is 0.272 e. The van der Waals surface area contributed by atoms with Gasteiger partial charge in [0.25, 0.3) is 5.91 Å². The van der Waals surface area contributed by atoms with Gasteiger partial charge in [-0.1, -0.05) is 17.7 Å². The van der Waals surface area contributed by atoms with Crippen LogP contribution in [0.3, 0.4) is 0 Å². The molecule has 2 aromatic carbocycles. The van der Waals surface area contributed by atoms with Gasteiger partial charge in [-0.3, -0.25) is 9.89 Å². The third kappa shape index (κ3) is 3.80. The van der Waals surface area contributed by atoms with E-state index in [1.54, 1.807) is 18.2 Å². The maximum atomic E-state index is 13.1. The lowest BCUT2D eigenvalue weighted by atomic mass is 10.1. The van der Waals surface area contributed by atoms with Gasteiger partial charge in [-0.05, 0) is 48.5 Å². The van der Waals surface area contributed by atoms with E-state index < -0.39 is 0 Å². The summed E-state index contributed by atoms with van der Waals surface area (Å²) < 4.78 is 13.1. The molecule has 1 N–H and O–H groups in total. The number of benzene rings is 2. The Bertz CT molecular complexity index is 949. The van der Waals surface area contributed by atoms with Crippen LogP contribution in [0.2, 0.25) is 5.02 Å². The number of rotatable bonds is 3. The summed E-state index contributed by atoms with van der Waals surface area (Å²) in [5.74, 6) is -0.384. The molecule has 0 saturated carbocycles. The first-order valence-electron chi connectivity index (χ1n) is 8.71. The van der Waals surface area contributed by atoms with Crippen LogP contribution in [-0.4, -0.2) is 47.2 Å². The average Bonchev–Trinajstić information content (AvgIpc) is 3.18. The van der Waals surface area contributed by atoms with Gasteiger partial charge in [-0.25, -0.2) is 4.39 Å². The van der Waals surface area contributed by atoms with Gasteiger partial charge in [-0.2, -0.15) is 5.10 Å². The van der Waals surface area contributed by atoms with Crippen LogP contribution in [0.4, 0.5) is 10.1 Å². The van der Waals surface area contributed by atoms with Crippen molar-refractivity contribution >= 4 is 23.2 Å². The third-order valence-corrected chi connectivity index (χ3v) is 4.92. The summed E-state index contributed by atoms with van der Waals surface area (Å²) in [6.07, 6.45) is 0. The molecule has 7 heteroatoms. The molecule has 4 rings (SSSR count). The maximum absolute atomic E-state index is 13.1. The first kappa shape index (κ1) is 17.5.